The number of rotatable bonds is 12. The number of aliphatic carboxylic acids is 1. The Kier molecular flexibility index (Phi) is 9.83. The normalized spacial score (nSPS) is 13.7. The summed E-state index contributed by atoms with van der Waals surface area (Å²) in [6.45, 7) is 4.88. The van der Waals surface area contributed by atoms with E-state index in [4.69, 9.17) is 9.47 Å². The summed E-state index contributed by atoms with van der Waals surface area (Å²) in [5.41, 5.74) is 0.174. The topological polar surface area (TPSA) is 89.9 Å². The average molecular weight is 517 g/mol. The molecule has 0 radical (unpaired) electrons. The van der Waals surface area contributed by atoms with Gasteiger partial charge in [-0.2, -0.15) is 0 Å². The van der Waals surface area contributed by atoms with Crippen LogP contribution >= 0.6 is 0 Å². The first-order valence-electron chi connectivity index (χ1n) is 12.8. The minimum Gasteiger partial charge on any atom is -0.481 e. The van der Waals surface area contributed by atoms with Crippen molar-refractivity contribution in [1.29, 1.82) is 0 Å². The van der Waals surface area contributed by atoms with Crippen LogP contribution in [-0.4, -0.2) is 29.6 Å². The summed E-state index contributed by atoms with van der Waals surface area (Å²) in [6, 6.07) is 28.0. The summed E-state index contributed by atoms with van der Waals surface area (Å²) < 4.78 is 11.3. The van der Waals surface area contributed by atoms with Gasteiger partial charge >= 0.3 is 17.9 Å². The van der Waals surface area contributed by atoms with Crippen molar-refractivity contribution in [3.8, 4) is 0 Å². The first kappa shape index (κ1) is 28.6. The average Bonchev–Trinajstić information content (AvgIpc) is 2.90. The van der Waals surface area contributed by atoms with Crippen LogP contribution in [0.3, 0.4) is 0 Å². The highest BCUT2D eigenvalue weighted by Crippen LogP contribution is 2.35. The van der Waals surface area contributed by atoms with E-state index in [2.05, 4.69) is 0 Å². The Balaban J connectivity index is 1.94. The van der Waals surface area contributed by atoms with Crippen LogP contribution in [0, 0.1) is 16.7 Å². The Morgan fingerprint density at radius 1 is 0.737 bits per heavy atom. The molecule has 0 bridgehead atoms. The van der Waals surface area contributed by atoms with E-state index in [1.54, 1.807) is 20.8 Å². The van der Waals surface area contributed by atoms with Gasteiger partial charge in [-0.05, 0) is 56.7 Å². The molecular formula is C32H36O6. The molecule has 0 fully saturated rings. The lowest BCUT2D eigenvalue weighted by molar-refractivity contribution is -0.167. The summed E-state index contributed by atoms with van der Waals surface area (Å²) >= 11 is 0. The van der Waals surface area contributed by atoms with Crippen molar-refractivity contribution >= 4 is 17.9 Å². The SMILES string of the molecule is CC(C)(C)C(=O)OC[C@](Cc1ccccc1)(C[C@@H](Cc1ccccc1)C(=O)OCc1ccccc1)C(=O)O. The molecule has 0 aromatic heterocycles. The first-order valence-corrected chi connectivity index (χ1v) is 12.8. The van der Waals surface area contributed by atoms with Gasteiger partial charge < -0.3 is 14.6 Å². The van der Waals surface area contributed by atoms with Crippen molar-refractivity contribution in [1.82, 2.24) is 0 Å². The van der Waals surface area contributed by atoms with Crippen LogP contribution in [0.4, 0.5) is 0 Å². The van der Waals surface area contributed by atoms with Gasteiger partial charge in [0.15, 0.2) is 0 Å². The number of carbonyl (C=O) groups excluding carboxylic acids is 2. The van der Waals surface area contributed by atoms with E-state index in [-0.39, 0.29) is 26.1 Å². The standard InChI is InChI=1S/C32H36O6/c1-31(2,3)30(36)38-23-32(29(34)35,20-25-15-9-5-10-16-25)21-27(19-24-13-7-4-8-14-24)28(33)37-22-26-17-11-6-12-18-26/h4-18,27H,19-23H2,1-3H3,(H,34,35)/t27-,32+/m1/s1. The lowest BCUT2D eigenvalue weighted by Crippen LogP contribution is -2.43. The summed E-state index contributed by atoms with van der Waals surface area (Å²) in [5, 5.41) is 10.6. The molecule has 3 aromatic rings. The molecule has 0 saturated heterocycles. The number of hydrogen-bond acceptors (Lipinski definition) is 5. The van der Waals surface area contributed by atoms with E-state index in [0.717, 1.165) is 16.7 Å². The quantitative estimate of drug-likeness (QED) is 0.302. The van der Waals surface area contributed by atoms with Gasteiger partial charge in [0.2, 0.25) is 0 Å². The Labute approximate surface area is 224 Å². The van der Waals surface area contributed by atoms with E-state index >= 15 is 0 Å². The fourth-order valence-electron chi connectivity index (χ4n) is 4.27. The maximum atomic E-state index is 13.4. The second kappa shape index (κ2) is 13.0. The van der Waals surface area contributed by atoms with Crippen LogP contribution in [0.1, 0.15) is 43.9 Å². The van der Waals surface area contributed by atoms with Crippen LogP contribution in [0.2, 0.25) is 0 Å². The third-order valence-corrected chi connectivity index (χ3v) is 6.45. The van der Waals surface area contributed by atoms with Crippen LogP contribution < -0.4 is 0 Å². The Morgan fingerprint density at radius 3 is 1.74 bits per heavy atom. The number of hydrogen-bond donors (Lipinski definition) is 1. The van der Waals surface area contributed by atoms with Gasteiger partial charge in [0.1, 0.15) is 18.6 Å². The zero-order chi connectivity index (χ0) is 27.6. The van der Waals surface area contributed by atoms with Gasteiger partial charge in [-0.3, -0.25) is 14.4 Å². The summed E-state index contributed by atoms with van der Waals surface area (Å²) in [6.07, 6.45) is 0.334. The largest absolute Gasteiger partial charge is 0.481 e. The maximum Gasteiger partial charge on any atom is 0.313 e. The number of esters is 2. The maximum absolute atomic E-state index is 13.4. The Hall–Kier alpha value is -3.93. The molecule has 0 aliphatic heterocycles. The molecule has 0 aliphatic rings. The molecule has 0 unspecified atom stereocenters. The number of carbonyl (C=O) groups is 3. The summed E-state index contributed by atoms with van der Waals surface area (Å²) in [7, 11) is 0. The van der Waals surface area contributed by atoms with Crippen LogP contribution in [0.5, 0.6) is 0 Å². The van der Waals surface area contributed by atoms with Gasteiger partial charge in [0.05, 0.1) is 11.3 Å². The number of benzene rings is 3. The highest BCUT2D eigenvalue weighted by atomic mass is 16.5. The van der Waals surface area contributed by atoms with E-state index in [9.17, 15) is 19.5 Å². The van der Waals surface area contributed by atoms with Crippen molar-refractivity contribution in [3.63, 3.8) is 0 Å². The third kappa shape index (κ3) is 8.30. The van der Waals surface area contributed by atoms with Crippen molar-refractivity contribution in [3.05, 3.63) is 108 Å². The molecule has 3 aromatic carbocycles. The minimum atomic E-state index is -1.53. The predicted octanol–water partition coefficient (Wildman–Crippen LogP) is 5.88. The fraction of sp³-hybridized carbons (Fsp3) is 0.344. The molecule has 200 valence electrons. The molecular weight excluding hydrogens is 480 g/mol. The zero-order valence-electron chi connectivity index (χ0n) is 22.3. The second-order valence-corrected chi connectivity index (χ2v) is 10.8. The van der Waals surface area contributed by atoms with Gasteiger partial charge in [0.25, 0.3) is 0 Å². The van der Waals surface area contributed by atoms with Gasteiger partial charge in [-0.15, -0.1) is 0 Å². The van der Waals surface area contributed by atoms with E-state index in [1.807, 2.05) is 91.0 Å². The van der Waals surface area contributed by atoms with Gasteiger partial charge in [-0.1, -0.05) is 91.0 Å². The van der Waals surface area contributed by atoms with Crippen LogP contribution in [0.15, 0.2) is 91.0 Å². The van der Waals surface area contributed by atoms with Crippen molar-refractivity contribution in [2.45, 2.75) is 46.6 Å². The third-order valence-electron chi connectivity index (χ3n) is 6.45. The lowest BCUT2D eigenvalue weighted by atomic mass is 9.73. The highest BCUT2D eigenvalue weighted by molar-refractivity contribution is 5.80. The molecule has 38 heavy (non-hydrogen) atoms. The van der Waals surface area contributed by atoms with Crippen LogP contribution in [0.25, 0.3) is 0 Å². The van der Waals surface area contributed by atoms with E-state index in [0.29, 0.717) is 6.42 Å². The minimum absolute atomic E-state index is 0.0584. The molecule has 2 atom stereocenters. The van der Waals surface area contributed by atoms with Crippen molar-refractivity contribution < 1.29 is 29.0 Å². The monoisotopic (exact) mass is 516 g/mol. The Bertz CT molecular complexity index is 1180. The summed E-state index contributed by atoms with van der Waals surface area (Å²) in [4.78, 5) is 39.0. The van der Waals surface area contributed by atoms with Crippen molar-refractivity contribution in [2.24, 2.45) is 16.7 Å². The molecule has 6 heteroatoms. The molecule has 0 spiro atoms. The lowest BCUT2D eigenvalue weighted by Gasteiger charge is -2.33. The van der Waals surface area contributed by atoms with Gasteiger partial charge in [0, 0.05) is 0 Å². The first-order chi connectivity index (χ1) is 18.1. The van der Waals surface area contributed by atoms with E-state index in [1.165, 1.54) is 0 Å². The highest BCUT2D eigenvalue weighted by Gasteiger charge is 2.45. The molecule has 0 amide bonds. The Morgan fingerprint density at radius 2 is 1.24 bits per heavy atom. The number of carboxylic acid groups (broad SMARTS) is 1. The fourth-order valence-corrected chi connectivity index (χ4v) is 4.27. The second-order valence-electron chi connectivity index (χ2n) is 10.8. The van der Waals surface area contributed by atoms with Crippen molar-refractivity contribution in [2.75, 3.05) is 6.61 Å². The van der Waals surface area contributed by atoms with Gasteiger partial charge in [-0.25, -0.2) is 0 Å². The molecule has 0 heterocycles. The summed E-state index contributed by atoms with van der Waals surface area (Å²) in [5.74, 6) is -2.88. The zero-order valence-corrected chi connectivity index (χ0v) is 22.3. The smallest absolute Gasteiger partial charge is 0.313 e. The molecule has 1 N–H and O–H groups in total. The van der Waals surface area contributed by atoms with E-state index < -0.39 is 34.7 Å². The molecule has 6 nitrogen and oxygen atoms in total. The number of carboxylic acids is 1. The molecule has 0 aliphatic carbocycles. The molecule has 0 saturated carbocycles. The predicted molar refractivity (Wildman–Crippen MR) is 145 cm³/mol. The molecule has 3 rings (SSSR count). The number of ether oxygens (including phenoxy) is 2. The van der Waals surface area contributed by atoms with Crippen LogP contribution in [-0.2, 0) is 43.3 Å².